The van der Waals surface area contributed by atoms with E-state index in [4.69, 9.17) is 13.9 Å². The number of hydrogen-bond donors (Lipinski definition) is 0. The van der Waals surface area contributed by atoms with E-state index in [0.717, 1.165) is 12.4 Å². The SMILES string of the molecule is COc1cccc(OC)c1-n1c(-c2ccco2)nnc1N(CC[Si](C)(C)C)S(=O)(=O)[C@@H](C)[C@H](C)c1ncc(F)cn1. The van der Waals surface area contributed by atoms with Gasteiger partial charge in [-0.15, -0.1) is 10.2 Å². The molecule has 0 aliphatic carbocycles. The first-order valence-corrected chi connectivity index (χ1v) is 18.3. The molecule has 0 aliphatic rings. The Kier molecular flexibility index (Phi) is 8.82. The van der Waals surface area contributed by atoms with Crippen LogP contribution in [0.3, 0.4) is 0 Å². The molecule has 3 heterocycles. The molecule has 3 aromatic heterocycles. The van der Waals surface area contributed by atoms with E-state index in [1.165, 1.54) is 24.8 Å². The number of furan rings is 1. The number of nitrogens with zero attached hydrogens (tertiary/aromatic N) is 6. The summed E-state index contributed by atoms with van der Waals surface area (Å²) in [5, 5.41) is 7.81. The molecule has 0 radical (unpaired) electrons. The molecule has 2 atom stereocenters. The van der Waals surface area contributed by atoms with Crippen molar-refractivity contribution >= 4 is 24.0 Å². The Morgan fingerprint density at radius 3 is 2.20 bits per heavy atom. The number of sulfonamides is 1. The van der Waals surface area contributed by atoms with Gasteiger partial charge < -0.3 is 13.9 Å². The van der Waals surface area contributed by atoms with Crippen LogP contribution in [0.2, 0.25) is 25.7 Å². The molecule has 4 aromatic rings. The van der Waals surface area contributed by atoms with Gasteiger partial charge in [-0.2, -0.15) is 0 Å². The topological polar surface area (TPSA) is 125 Å². The zero-order chi connectivity index (χ0) is 29.9. The maximum atomic E-state index is 14.5. The van der Waals surface area contributed by atoms with E-state index < -0.39 is 35.1 Å². The van der Waals surface area contributed by atoms with Gasteiger partial charge in [-0.25, -0.2) is 27.1 Å². The lowest BCUT2D eigenvalue weighted by atomic mass is 10.1. The quantitative estimate of drug-likeness (QED) is 0.203. The first-order valence-electron chi connectivity index (χ1n) is 13.1. The molecule has 1 aromatic carbocycles. The molecule has 0 unspecified atom stereocenters. The summed E-state index contributed by atoms with van der Waals surface area (Å²) in [4.78, 5) is 8.08. The highest BCUT2D eigenvalue weighted by molar-refractivity contribution is 7.93. The van der Waals surface area contributed by atoms with Crippen molar-refractivity contribution in [3.05, 3.63) is 60.6 Å². The third kappa shape index (κ3) is 6.27. The minimum atomic E-state index is -4.11. The average molecular weight is 603 g/mol. The zero-order valence-corrected chi connectivity index (χ0v) is 26.0. The Morgan fingerprint density at radius 2 is 1.66 bits per heavy atom. The lowest BCUT2D eigenvalue weighted by molar-refractivity contribution is 0.391. The molecule has 4 rings (SSSR count). The van der Waals surface area contributed by atoms with Gasteiger partial charge in [-0.3, -0.25) is 4.57 Å². The van der Waals surface area contributed by atoms with E-state index in [1.54, 1.807) is 48.7 Å². The molecular weight excluding hydrogens is 567 g/mol. The van der Waals surface area contributed by atoms with E-state index >= 15 is 0 Å². The van der Waals surface area contributed by atoms with Crippen LogP contribution in [-0.2, 0) is 10.0 Å². The van der Waals surface area contributed by atoms with Crippen molar-refractivity contribution in [2.75, 3.05) is 25.1 Å². The maximum Gasteiger partial charge on any atom is 0.246 e. The second-order valence-corrected chi connectivity index (χ2v) is 18.7. The second-order valence-electron chi connectivity index (χ2n) is 10.8. The fraction of sp³-hybridized carbons (Fsp3) is 0.407. The van der Waals surface area contributed by atoms with Gasteiger partial charge in [0.05, 0.1) is 38.1 Å². The average Bonchev–Trinajstić information content (AvgIpc) is 3.62. The van der Waals surface area contributed by atoms with Gasteiger partial charge in [0.15, 0.2) is 11.6 Å². The van der Waals surface area contributed by atoms with Gasteiger partial charge in [0.25, 0.3) is 0 Å². The summed E-state index contributed by atoms with van der Waals surface area (Å²) in [5.74, 6) is 0.496. The van der Waals surface area contributed by atoms with Crippen molar-refractivity contribution in [1.82, 2.24) is 24.7 Å². The monoisotopic (exact) mass is 602 g/mol. The summed E-state index contributed by atoms with van der Waals surface area (Å²) < 4.78 is 62.3. The molecule has 0 fully saturated rings. The summed E-state index contributed by atoms with van der Waals surface area (Å²) in [6.07, 6.45) is 3.56. The number of halogens is 1. The van der Waals surface area contributed by atoms with Crippen LogP contribution in [-0.4, -0.2) is 67.2 Å². The third-order valence-corrected chi connectivity index (χ3v) is 10.9. The molecule has 14 heteroatoms. The highest BCUT2D eigenvalue weighted by atomic mass is 32.2. The molecule has 41 heavy (non-hydrogen) atoms. The van der Waals surface area contributed by atoms with Crippen LogP contribution in [0.15, 0.2) is 53.4 Å². The Bertz CT molecular complexity index is 1550. The minimum absolute atomic E-state index is 0.0523. The maximum absolute atomic E-state index is 14.5. The number of ether oxygens (including phenoxy) is 2. The van der Waals surface area contributed by atoms with E-state index in [0.29, 0.717) is 29.0 Å². The van der Waals surface area contributed by atoms with Crippen LogP contribution in [0.25, 0.3) is 17.3 Å². The molecule has 0 N–H and O–H groups in total. The fourth-order valence-corrected chi connectivity index (χ4v) is 7.05. The van der Waals surface area contributed by atoms with Crippen LogP contribution in [0.1, 0.15) is 25.6 Å². The van der Waals surface area contributed by atoms with E-state index in [-0.39, 0.29) is 24.1 Å². The normalized spacial score (nSPS) is 13.6. The van der Waals surface area contributed by atoms with Crippen molar-refractivity contribution in [3.8, 4) is 28.8 Å². The summed E-state index contributed by atoms with van der Waals surface area (Å²) in [6.45, 7) is 9.95. The predicted molar refractivity (Wildman–Crippen MR) is 156 cm³/mol. The minimum Gasteiger partial charge on any atom is -0.494 e. The number of methoxy groups -OCH3 is 2. The third-order valence-electron chi connectivity index (χ3n) is 6.83. The van der Waals surface area contributed by atoms with E-state index in [2.05, 4.69) is 39.8 Å². The summed E-state index contributed by atoms with van der Waals surface area (Å²) >= 11 is 0. The standard InChI is InChI=1S/C27H35FN6O5SSi/c1-18(25-29-16-20(28)17-30-25)19(2)40(35,36)33(13-15-41(5,6)7)27-32-31-26(23-12-9-14-39-23)34(27)24-21(37-3)10-8-11-22(24)38-4/h8-12,14,16-19H,13,15H2,1-7H3/t18-,19-/m0/s1. The number of rotatable bonds is 12. The second kappa shape index (κ2) is 12.0. The smallest absolute Gasteiger partial charge is 0.246 e. The van der Waals surface area contributed by atoms with Gasteiger partial charge >= 0.3 is 0 Å². The molecule has 0 saturated carbocycles. The van der Waals surface area contributed by atoms with Gasteiger partial charge in [-0.05, 0) is 37.2 Å². The largest absolute Gasteiger partial charge is 0.494 e. The molecule has 0 aliphatic heterocycles. The predicted octanol–water partition coefficient (Wildman–Crippen LogP) is 5.14. The zero-order valence-electron chi connectivity index (χ0n) is 24.2. The Labute approximate surface area is 240 Å². The van der Waals surface area contributed by atoms with Crippen LogP contribution < -0.4 is 13.8 Å². The molecular formula is C27H35FN6O5SSi. The molecule has 0 bridgehead atoms. The first-order chi connectivity index (χ1) is 19.4. The number of hydrogen-bond acceptors (Lipinski definition) is 9. The van der Waals surface area contributed by atoms with Crippen LogP contribution in [0.4, 0.5) is 10.3 Å². The van der Waals surface area contributed by atoms with Crippen molar-refractivity contribution in [1.29, 1.82) is 0 Å². The Hall–Kier alpha value is -3.78. The molecule has 11 nitrogen and oxygen atoms in total. The Balaban J connectivity index is 1.95. The summed E-state index contributed by atoms with van der Waals surface area (Å²) in [7, 11) is -2.82. The Morgan fingerprint density at radius 1 is 1.02 bits per heavy atom. The van der Waals surface area contributed by atoms with Crippen LogP contribution >= 0.6 is 0 Å². The lowest BCUT2D eigenvalue weighted by Gasteiger charge is -2.31. The van der Waals surface area contributed by atoms with Gasteiger partial charge in [0, 0.05) is 20.5 Å². The van der Waals surface area contributed by atoms with Crippen molar-refractivity contribution in [2.24, 2.45) is 0 Å². The molecule has 0 amide bonds. The molecule has 0 spiro atoms. The highest BCUT2D eigenvalue weighted by Gasteiger charge is 2.39. The van der Waals surface area contributed by atoms with Crippen molar-refractivity contribution in [2.45, 2.75) is 50.7 Å². The molecule has 220 valence electrons. The van der Waals surface area contributed by atoms with Crippen molar-refractivity contribution in [3.63, 3.8) is 0 Å². The highest BCUT2D eigenvalue weighted by Crippen LogP contribution is 2.40. The van der Waals surface area contributed by atoms with Crippen LogP contribution in [0, 0.1) is 5.82 Å². The van der Waals surface area contributed by atoms with E-state index in [9.17, 15) is 12.8 Å². The molecule has 0 saturated heterocycles. The van der Waals surface area contributed by atoms with Crippen LogP contribution in [0.5, 0.6) is 11.5 Å². The van der Waals surface area contributed by atoms with E-state index in [1.807, 2.05) is 0 Å². The van der Waals surface area contributed by atoms with Gasteiger partial charge in [-0.1, -0.05) is 32.6 Å². The number of para-hydroxylation sites is 1. The van der Waals surface area contributed by atoms with Gasteiger partial charge in [0.2, 0.25) is 21.8 Å². The number of anilines is 1. The van der Waals surface area contributed by atoms with Crippen molar-refractivity contribution < 1.29 is 26.7 Å². The first kappa shape index (κ1) is 30.2. The number of benzene rings is 1. The summed E-state index contributed by atoms with van der Waals surface area (Å²) in [5.41, 5.74) is 0.416. The lowest BCUT2D eigenvalue weighted by Crippen LogP contribution is -2.43. The van der Waals surface area contributed by atoms with Gasteiger partial charge in [0.1, 0.15) is 23.0 Å². The summed E-state index contributed by atoms with van der Waals surface area (Å²) in [6, 6.07) is 9.32. The fourth-order valence-electron chi connectivity index (χ4n) is 4.26. The number of aromatic nitrogens is 5.